The summed E-state index contributed by atoms with van der Waals surface area (Å²) in [5.74, 6) is 0. The Morgan fingerprint density at radius 1 is 1.21 bits per heavy atom. The second-order valence-electron chi connectivity index (χ2n) is 4.02. The highest BCUT2D eigenvalue weighted by Gasteiger charge is 2.32. The molecule has 1 heterocycles. The zero-order chi connectivity index (χ0) is 9.97. The van der Waals surface area contributed by atoms with Crippen LogP contribution in [0, 0.1) is 0 Å². The van der Waals surface area contributed by atoms with Crippen molar-refractivity contribution in [1.29, 1.82) is 0 Å². The molecule has 1 aliphatic carbocycles. The van der Waals surface area contributed by atoms with Crippen molar-refractivity contribution in [1.82, 2.24) is 3.11 Å². The van der Waals surface area contributed by atoms with Crippen molar-refractivity contribution in [3.8, 4) is 0 Å². The van der Waals surface area contributed by atoms with Gasteiger partial charge in [-0.25, -0.2) is 9.79 Å². The van der Waals surface area contributed by atoms with Crippen LogP contribution in [0.25, 0.3) is 0 Å². The predicted molar refractivity (Wildman–Crippen MR) is 64.8 cm³/mol. The molecular weight excluding hydrogens is 291 g/mol. The van der Waals surface area contributed by atoms with Crippen LogP contribution >= 0.6 is 22.9 Å². The number of hydrogen-bond donors (Lipinski definition) is 0. The first-order valence-electron chi connectivity index (χ1n) is 5.35. The first-order valence-corrected chi connectivity index (χ1v) is 6.32. The standard InChI is InChI=1S/C10H15IN2O/c11-13-9-7-5-3-1-2-4-6-8(9)12-10(13)14/h9H,1-7H2. The molecule has 2 aliphatic rings. The molecule has 3 nitrogen and oxygen atoms in total. The number of rotatable bonds is 0. The van der Waals surface area contributed by atoms with Crippen LogP contribution in [0.4, 0.5) is 4.79 Å². The van der Waals surface area contributed by atoms with Gasteiger partial charge in [0.05, 0.1) is 28.9 Å². The van der Waals surface area contributed by atoms with E-state index in [1.165, 1.54) is 32.1 Å². The number of carbonyl (C=O) groups is 1. The molecule has 4 heteroatoms. The third-order valence-electron chi connectivity index (χ3n) is 2.99. The number of aliphatic imine (C=N–C) groups is 1. The van der Waals surface area contributed by atoms with E-state index in [1.54, 1.807) is 3.11 Å². The molecule has 0 N–H and O–H groups in total. The average Bonchev–Trinajstić information content (AvgIpc) is 2.49. The van der Waals surface area contributed by atoms with Gasteiger partial charge in [0.2, 0.25) is 0 Å². The summed E-state index contributed by atoms with van der Waals surface area (Å²) in [7, 11) is 0. The molecule has 0 saturated heterocycles. The SMILES string of the molecule is O=C1N=C2CCCCCCCC2N1I. The van der Waals surface area contributed by atoms with Crippen molar-refractivity contribution < 1.29 is 4.79 Å². The van der Waals surface area contributed by atoms with E-state index in [2.05, 4.69) is 27.9 Å². The molecule has 1 saturated carbocycles. The van der Waals surface area contributed by atoms with Crippen LogP contribution in [0.3, 0.4) is 0 Å². The highest BCUT2D eigenvalue weighted by atomic mass is 127. The van der Waals surface area contributed by atoms with E-state index in [0.717, 1.165) is 18.6 Å². The van der Waals surface area contributed by atoms with Crippen molar-refractivity contribution >= 4 is 34.6 Å². The lowest BCUT2D eigenvalue weighted by atomic mass is 10.0. The van der Waals surface area contributed by atoms with Gasteiger partial charge in [-0.1, -0.05) is 25.7 Å². The number of halogens is 1. The molecule has 0 spiro atoms. The number of urea groups is 1. The quantitative estimate of drug-likeness (QED) is 0.499. The van der Waals surface area contributed by atoms with Crippen LogP contribution in [0.5, 0.6) is 0 Å². The molecule has 0 radical (unpaired) electrons. The summed E-state index contributed by atoms with van der Waals surface area (Å²) in [6.45, 7) is 0. The summed E-state index contributed by atoms with van der Waals surface area (Å²) in [6, 6.07) is 0.257. The van der Waals surface area contributed by atoms with Gasteiger partial charge in [0.25, 0.3) is 0 Å². The molecule has 0 aromatic heterocycles. The molecule has 1 aliphatic heterocycles. The third kappa shape index (κ3) is 2.10. The summed E-state index contributed by atoms with van der Waals surface area (Å²) in [6.07, 6.45) is 8.51. The number of hydrogen-bond acceptors (Lipinski definition) is 1. The van der Waals surface area contributed by atoms with Gasteiger partial charge in [-0.3, -0.25) is 3.11 Å². The summed E-state index contributed by atoms with van der Waals surface area (Å²) in [5, 5.41) is 0. The number of nitrogens with zero attached hydrogens (tertiary/aromatic N) is 2. The van der Waals surface area contributed by atoms with Crippen molar-refractivity contribution in [3.63, 3.8) is 0 Å². The minimum atomic E-state index is -0.0498. The van der Waals surface area contributed by atoms with E-state index in [0.29, 0.717) is 6.04 Å². The maximum absolute atomic E-state index is 11.4. The molecule has 78 valence electrons. The zero-order valence-electron chi connectivity index (χ0n) is 8.21. The van der Waals surface area contributed by atoms with Crippen LogP contribution in [-0.4, -0.2) is 20.9 Å². The van der Waals surface area contributed by atoms with E-state index < -0.39 is 0 Å². The maximum Gasteiger partial charge on any atom is 0.352 e. The Hall–Kier alpha value is -0.130. The average molecular weight is 306 g/mol. The third-order valence-corrected chi connectivity index (χ3v) is 4.08. The van der Waals surface area contributed by atoms with Crippen LogP contribution in [0.15, 0.2) is 4.99 Å². The lowest BCUT2D eigenvalue weighted by Crippen LogP contribution is -2.29. The molecule has 0 aromatic carbocycles. The van der Waals surface area contributed by atoms with E-state index in [1.807, 2.05) is 0 Å². The zero-order valence-corrected chi connectivity index (χ0v) is 10.4. The molecule has 2 rings (SSSR count). The smallest absolute Gasteiger partial charge is 0.256 e. The van der Waals surface area contributed by atoms with Gasteiger partial charge in [0.1, 0.15) is 0 Å². The van der Waals surface area contributed by atoms with Gasteiger partial charge in [0, 0.05) is 5.71 Å². The number of carbonyl (C=O) groups excluding carboxylic acids is 1. The molecule has 1 atom stereocenters. The van der Waals surface area contributed by atoms with Gasteiger partial charge in [-0.2, -0.15) is 0 Å². The molecular formula is C10H15IN2O. The first-order chi connectivity index (χ1) is 6.79. The minimum absolute atomic E-state index is 0.0498. The minimum Gasteiger partial charge on any atom is -0.256 e. The van der Waals surface area contributed by atoms with Crippen molar-refractivity contribution in [2.75, 3.05) is 0 Å². The Morgan fingerprint density at radius 3 is 2.79 bits per heavy atom. The molecule has 1 unspecified atom stereocenters. The predicted octanol–water partition coefficient (Wildman–Crippen LogP) is 3.33. The Kier molecular flexibility index (Phi) is 3.41. The van der Waals surface area contributed by atoms with E-state index in [9.17, 15) is 4.79 Å². The lowest BCUT2D eigenvalue weighted by molar-refractivity contribution is 0.238. The highest BCUT2D eigenvalue weighted by molar-refractivity contribution is 14.1. The summed E-state index contributed by atoms with van der Waals surface area (Å²) in [5.41, 5.74) is 1.13. The molecule has 14 heavy (non-hydrogen) atoms. The number of amides is 2. The highest BCUT2D eigenvalue weighted by Crippen LogP contribution is 2.27. The molecule has 1 fully saturated rings. The van der Waals surface area contributed by atoms with Crippen molar-refractivity contribution in [2.24, 2.45) is 4.99 Å². The fraction of sp³-hybridized carbons (Fsp3) is 0.800. The van der Waals surface area contributed by atoms with Crippen LogP contribution in [0.2, 0.25) is 0 Å². The molecule has 0 aromatic rings. The number of fused-ring (bicyclic) bond motifs is 1. The Balaban J connectivity index is 2.09. The van der Waals surface area contributed by atoms with Crippen molar-refractivity contribution in [3.05, 3.63) is 0 Å². The summed E-state index contributed by atoms with van der Waals surface area (Å²) < 4.78 is 1.78. The van der Waals surface area contributed by atoms with E-state index in [-0.39, 0.29) is 6.03 Å². The summed E-state index contributed by atoms with van der Waals surface area (Å²) in [4.78, 5) is 15.5. The van der Waals surface area contributed by atoms with Crippen LogP contribution in [-0.2, 0) is 0 Å². The lowest BCUT2D eigenvalue weighted by Gasteiger charge is -2.17. The molecule has 2 amide bonds. The monoisotopic (exact) mass is 306 g/mol. The van der Waals surface area contributed by atoms with Crippen molar-refractivity contribution in [2.45, 2.75) is 51.0 Å². The van der Waals surface area contributed by atoms with Gasteiger partial charge in [-0.15, -0.1) is 0 Å². The van der Waals surface area contributed by atoms with Crippen LogP contribution in [0.1, 0.15) is 44.9 Å². The topological polar surface area (TPSA) is 32.7 Å². The van der Waals surface area contributed by atoms with Crippen LogP contribution < -0.4 is 0 Å². The van der Waals surface area contributed by atoms with Gasteiger partial charge >= 0.3 is 6.03 Å². The second-order valence-corrected chi connectivity index (χ2v) is 5.06. The largest absolute Gasteiger partial charge is 0.352 e. The Bertz CT molecular complexity index is 265. The van der Waals surface area contributed by atoms with Gasteiger partial charge < -0.3 is 0 Å². The fourth-order valence-electron chi connectivity index (χ4n) is 2.19. The summed E-state index contributed by atoms with van der Waals surface area (Å²) >= 11 is 2.10. The maximum atomic E-state index is 11.4. The van der Waals surface area contributed by atoms with Gasteiger partial charge in [0.15, 0.2) is 0 Å². The van der Waals surface area contributed by atoms with Gasteiger partial charge in [-0.05, 0) is 19.3 Å². The Labute approximate surface area is 98.4 Å². The molecule has 0 bridgehead atoms. The second kappa shape index (κ2) is 4.59. The fourth-order valence-corrected chi connectivity index (χ4v) is 2.89. The Morgan fingerprint density at radius 2 is 1.93 bits per heavy atom. The van der Waals surface area contributed by atoms with E-state index >= 15 is 0 Å². The first kappa shape index (κ1) is 10.4. The normalized spacial score (nSPS) is 28.9. The van der Waals surface area contributed by atoms with E-state index in [4.69, 9.17) is 0 Å².